The van der Waals surface area contributed by atoms with Crippen LogP contribution in [0.5, 0.6) is 0 Å². The van der Waals surface area contributed by atoms with Gasteiger partial charge in [0, 0.05) is 57.7 Å². The lowest BCUT2D eigenvalue weighted by Crippen LogP contribution is -2.31. The number of allylic oxidation sites excluding steroid dienone is 2. The molecule has 2 aromatic rings. The molecule has 410 valence electrons. The van der Waals surface area contributed by atoms with Gasteiger partial charge >= 0.3 is 0 Å². The molecule has 0 spiro atoms. The van der Waals surface area contributed by atoms with Gasteiger partial charge in [0.05, 0.1) is 36.6 Å². The quantitative estimate of drug-likeness (QED) is 0.101. The molecule has 5 aliphatic heterocycles. The third-order valence-electron chi connectivity index (χ3n) is 16.2. The van der Waals surface area contributed by atoms with Crippen molar-refractivity contribution < 1.29 is 52.5 Å². The Balaban J connectivity index is 0.000000200. The molecule has 0 aromatic heterocycles. The van der Waals surface area contributed by atoms with Gasteiger partial charge in [0.2, 0.25) is 0 Å². The molecule has 2 saturated carbocycles. The first-order valence-electron chi connectivity index (χ1n) is 29.2. The molecular formula is C63H92O11. The first-order chi connectivity index (χ1) is 36.5. The van der Waals surface area contributed by atoms with Crippen LogP contribution in [0.15, 0.2) is 110 Å². The smallest absolute Gasteiger partial charge is 0.158 e. The minimum Gasteiger partial charge on any atom is -0.393 e. The van der Waals surface area contributed by atoms with E-state index in [-0.39, 0.29) is 85.6 Å². The van der Waals surface area contributed by atoms with Gasteiger partial charge in [-0.05, 0) is 158 Å². The Morgan fingerprint density at radius 3 is 1.26 bits per heavy atom. The van der Waals surface area contributed by atoms with Gasteiger partial charge in [-0.15, -0.1) is 13.2 Å². The third kappa shape index (κ3) is 18.6. The fourth-order valence-corrected chi connectivity index (χ4v) is 12.1. The summed E-state index contributed by atoms with van der Waals surface area (Å²) in [6, 6.07) is 21.2. The molecule has 5 saturated heterocycles. The van der Waals surface area contributed by atoms with Gasteiger partial charge in [-0.3, -0.25) is 0 Å². The number of hydrogen-bond donors (Lipinski definition) is 1. The molecule has 5 heterocycles. The number of aryl methyl sites for hydroxylation is 2. The predicted molar refractivity (Wildman–Crippen MR) is 289 cm³/mol. The maximum Gasteiger partial charge on any atom is 0.158 e. The van der Waals surface area contributed by atoms with Crippen molar-refractivity contribution in [3.63, 3.8) is 0 Å². The molecule has 0 amide bonds. The van der Waals surface area contributed by atoms with E-state index >= 15 is 0 Å². The normalized spacial score (nSPS) is 33.7. The van der Waals surface area contributed by atoms with Gasteiger partial charge < -0.3 is 52.5 Å². The van der Waals surface area contributed by atoms with E-state index < -0.39 is 6.10 Å². The summed E-state index contributed by atoms with van der Waals surface area (Å²) in [6.45, 7) is 11.9. The molecule has 0 bridgehead atoms. The zero-order valence-electron chi connectivity index (χ0n) is 44.6. The summed E-state index contributed by atoms with van der Waals surface area (Å²) >= 11 is 0. The van der Waals surface area contributed by atoms with Crippen molar-refractivity contribution >= 4 is 0 Å². The largest absolute Gasteiger partial charge is 0.393 e. The Morgan fingerprint density at radius 2 is 0.851 bits per heavy atom. The van der Waals surface area contributed by atoms with E-state index in [1.807, 2.05) is 12.2 Å². The Kier molecular flexibility index (Phi) is 24.7. The van der Waals surface area contributed by atoms with Crippen LogP contribution in [0.4, 0.5) is 0 Å². The Bertz CT molecular complexity index is 1880. The van der Waals surface area contributed by atoms with E-state index in [9.17, 15) is 5.11 Å². The fraction of sp³-hybridized carbons (Fsp3) is 0.683. The van der Waals surface area contributed by atoms with Crippen molar-refractivity contribution in [2.75, 3.05) is 33.0 Å². The van der Waals surface area contributed by atoms with Crippen molar-refractivity contribution in [3.05, 3.63) is 121 Å². The van der Waals surface area contributed by atoms with Gasteiger partial charge in [-0.25, -0.2) is 0 Å². The monoisotopic (exact) mass is 1020 g/mol. The Hall–Kier alpha value is -3.04. The van der Waals surface area contributed by atoms with E-state index in [1.54, 1.807) is 0 Å². The molecule has 5 unspecified atom stereocenters. The SMILES string of the molecule is C=CC[C@@H]1[C@@H](/C=C/[C@H](CCc2ccccc2)OC2CCCCO2)[C@H](OC2CCCCO2)C[C@@H]1O.C=CC[C@@H]1[C@@H](/C=C/[C@H](CCc2ccccc2)OC2CCCCO2)[C@H](OC2CCCCO2)C[C@@H]1OC1CCCCO1. The van der Waals surface area contributed by atoms with Gasteiger partial charge in [-0.2, -0.15) is 0 Å². The van der Waals surface area contributed by atoms with Crippen molar-refractivity contribution in [2.45, 2.75) is 216 Å². The zero-order chi connectivity index (χ0) is 51.0. The first kappa shape index (κ1) is 57.1. The average Bonchev–Trinajstić information content (AvgIpc) is 3.92. The van der Waals surface area contributed by atoms with Crippen molar-refractivity contribution in [1.82, 2.24) is 0 Å². The molecule has 1 N–H and O–H groups in total. The van der Waals surface area contributed by atoms with Crippen LogP contribution in [0.1, 0.15) is 146 Å². The molecule has 11 heteroatoms. The first-order valence-corrected chi connectivity index (χ1v) is 29.2. The molecule has 74 heavy (non-hydrogen) atoms. The second-order valence-corrected chi connectivity index (χ2v) is 21.7. The summed E-state index contributed by atoms with van der Waals surface area (Å²) < 4.78 is 62.4. The van der Waals surface area contributed by atoms with Crippen molar-refractivity contribution in [2.24, 2.45) is 23.7 Å². The lowest BCUT2D eigenvalue weighted by atomic mass is 9.89. The number of benzene rings is 2. The number of rotatable bonds is 24. The molecule has 7 aliphatic rings. The standard InChI is InChI=1S/C34H50O6.C29H42O5/c1-2-12-28-29(21-20-27(38-32-15-6-9-22-35-32)19-18-26-13-4-3-5-14-26)31(40-34-17-8-11-24-37-34)25-30(28)39-33-16-7-10-23-36-33;1-2-10-24-25(27(21-26(24)30)34-29-14-7-9-20-32-29)18-17-23(33-28-13-6-8-19-31-28)16-15-22-11-4-3-5-12-22/h2-5,13-14,20-21,27-34H,1,6-12,15-19,22-25H2;2-5,11-12,17-18,23-30H,1,6-10,13-16,19-21H2/b21-20+;18-17+/t27-,28+,29+,30-,31+,32?,33?,34?;23-,24+,25+,26-,27+,28?,29?/m00/s1. The number of hydrogen-bond acceptors (Lipinski definition) is 11. The summed E-state index contributed by atoms with van der Waals surface area (Å²) in [4.78, 5) is 0. The van der Waals surface area contributed by atoms with Gasteiger partial charge in [-0.1, -0.05) is 97.1 Å². The second-order valence-electron chi connectivity index (χ2n) is 21.7. The highest BCUT2D eigenvalue weighted by molar-refractivity contribution is 5.17. The molecule has 7 fully saturated rings. The maximum absolute atomic E-state index is 10.8. The summed E-state index contributed by atoms with van der Waals surface area (Å²) in [5.41, 5.74) is 2.64. The van der Waals surface area contributed by atoms with Crippen LogP contribution in [0.2, 0.25) is 0 Å². The molecule has 2 aliphatic carbocycles. The van der Waals surface area contributed by atoms with Crippen LogP contribution in [-0.4, -0.2) is 106 Å². The molecule has 15 atom stereocenters. The molecule has 11 nitrogen and oxygen atoms in total. The van der Waals surface area contributed by atoms with E-state index in [0.29, 0.717) is 6.42 Å². The van der Waals surface area contributed by atoms with Crippen LogP contribution in [0, 0.1) is 23.7 Å². The van der Waals surface area contributed by atoms with Crippen LogP contribution >= 0.6 is 0 Å². The van der Waals surface area contributed by atoms with Crippen LogP contribution in [0.3, 0.4) is 0 Å². The second kappa shape index (κ2) is 32.0. The van der Waals surface area contributed by atoms with Gasteiger partial charge in [0.1, 0.15) is 0 Å². The van der Waals surface area contributed by atoms with E-state index in [2.05, 4.69) is 98.1 Å². The highest BCUT2D eigenvalue weighted by Crippen LogP contribution is 2.43. The highest BCUT2D eigenvalue weighted by atomic mass is 16.7. The third-order valence-corrected chi connectivity index (χ3v) is 16.2. The molecule has 2 aromatic carbocycles. The Labute approximate surface area is 444 Å². The fourth-order valence-electron chi connectivity index (χ4n) is 12.1. The molecule has 0 radical (unpaired) electrons. The Morgan fingerprint density at radius 1 is 0.473 bits per heavy atom. The predicted octanol–water partition coefficient (Wildman–Crippen LogP) is 12.7. The topological polar surface area (TPSA) is 113 Å². The maximum atomic E-state index is 10.8. The van der Waals surface area contributed by atoms with Crippen molar-refractivity contribution in [3.8, 4) is 0 Å². The summed E-state index contributed by atoms with van der Waals surface area (Å²) in [7, 11) is 0. The minimum absolute atomic E-state index is 0.0265. The number of aliphatic hydroxyl groups is 1. The van der Waals surface area contributed by atoms with E-state index in [4.69, 9.17) is 47.4 Å². The summed E-state index contributed by atoms with van der Waals surface area (Å²) in [6.07, 6.45) is 34.7. The van der Waals surface area contributed by atoms with E-state index in [0.717, 1.165) is 174 Å². The number of aliphatic hydroxyl groups excluding tert-OH is 1. The van der Waals surface area contributed by atoms with Crippen LogP contribution in [-0.2, 0) is 60.2 Å². The van der Waals surface area contributed by atoms with E-state index in [1.165, 1.54) is 11.1 Å². The molecule has 9 rings (SSSR count). The average molecular weight is 1030 g/mol. The van der Waals surface area contributed by atoms with Gasteiger partial charge in [0.25, 0.3) is 0 Å². The lowest BCUT2D eigenvalue weighted by molar-refractivity contribution is -0.203. The zero-order valence-corrected chi connectivity index (χ0v) is 44.6. The van der Waals surface area contributed by atoms with Gasteiger partial charge in [0.15, 0.2) is 31.5 Å². The summed E-state index contributed by atoms with van der Waals surface area (Å²) in [5.74, 6) is 0.664. The lowest BCUT2D eigenvalue weighted by Gasteiger charge is -2.30. The van der Waals surface area contributed by atoms with Crippen molar-refractivity contribution in [1.29, 1.82) is 0 Å². The molecular weight excluding hydrogens is 933 g/mol. The summed E-state index contributed by atoms with van der Waals surface area (Å²) in [5, 5.41) is 10.8. The van der Waals surface area contributed by atoms with Crippen LogP contribution in [0.25, 0.3) is 0 Å². The number of ether oxygens (including phenoxy) is 10. The van der Waals surface area contributed by atoms with Crippen LogP contribution < -0.4 is 0 Å². The highest BCUT2D eigenvalue weighted by Gasteiger charge is 2.46. The minimum atomic E-state index is -0.397.